The number of ether oxygens (including phenoxy) is 2. The SMILES string of the molecule is COc1ccc(NC(=O)C2Cc3ccc(Br)cc3C2)cc1OC. The Balaban J connectivity index is 1.71. The van der Waals surface area contributed by atoms with Crippen LogP contribution in [0.1, 0.15) is 11.1 Å². The van der Waals surface area contributed by atoms with E-state index in [2.05, 4.69) is 33.4 Å². The van der Waals surface area contributed by atoms with Crippen molar-refractivity contribution in [1.29, 1.82) is 0 Å². The van der Waals surface area contributed by atoms with E-state index in [9.17, 15) is 4.79 Å². The summed E-state index contributed by atoms with van der Waals surface area (Å²) in [5, 5.41) is 2.97. The van der Waals surface area contributed by atoms with Crippen LogP contribution in [-0.2, 0) is 17.6 Å². The van der Waals surface area contributed by atoms with Gasteiger partial charge in [-0.3, -0.25) is 4.79 Å². The molecule has 2 aromatic rings. The molecule has 0 radical (unpaired) electrons. The van der Waals surface area contributed by atoms with Gasteiger partial charge in [0.1, 0.15) is 0 Å². The third-order valence-electron chi connectivity index (χ3n) is 4.12. The Hall–Kier alpha value is -2.01. The Morgan fingerprint density at radius 1 is 1.04 bits per heavy atom. The molecule has 4 nitrogen and oxygen atoms in total. The van der Waals surface area contributed by atoms with Gasteiger partial charge >= 0.3 is 0 Å². The minimum absolute atomic E-state index is 0.0320. The third-order valence-corrected chi connectivity index (χ3v) is 4.62. The Morgan fingerprint density at radius 2 is 1.78 bits per heavy atom. The Labute approximate surface area is 143 Å². The first-order valence-electron chi connectivity index (χ1n) is 7.41. The predicted molar refractivity (Wildman–Crippen MR) is 93.2 cm³/mol. The molecule has 0 spiro atoms. The summed E-state index contributed by atoms with van der Waals surface area (Å²) in [4.78, 5) is 12.5. The molecular weight excluding hydrogens is 358 g/mol. The van der Waals surface area contributed by atoms with Crippen molar-refractivity contribution in [2.45, 2.75) is 12.8 Å². The molecule has 0 bridgehead atoms. The first-order chi connectivity index (χ1) is 11.1. The normalized spacial score (nSPS) is 15.9. The number of carbonyl (C=O) groups excluding carboxylic acids is 1. The lowest BCUT2D eigenvalue weighted by Gasteiger charge is -2.13. The summed E-state index contributed by atoms with van der Waals surface area (Å²) in [6.45, 7) is 0. The third kappa shape index (κ3) is 3.34. The highest BCUT2D eigenvalue weighted by Crippen LogP contribution is 2.32. The zero-order chi connectivity index (χ0) is 16.4. The number of benzene rings is 2. The summed E-state index contributed by atoms with van der Waals surface area (Å²) < 4.78 is 11.5. The molecule has 1 N–H and O–H groups in total. The molecule has 0 saturated heterocycles. The van der Waals surface area contributed by atoms with Gasteiger partial charge in [-0.25, -0.2) is 0 Å². The first kappa shape index (κ1) is 15.9. The molecule has 3 rings (SSSR count). The van der Waals surface area contributed by atoms with E-state index >= 15 is 0 Å². The Morgan fingerprint density at radius 3 is 2.52 bits per heavy atom. The fourth-order valence-electron chi connectivity index (χ4n) is 2.93. The van der Waals surface area contributed by atoms with Crippen LogP contribution in [0.4, 0.5) is 5.69 Å². The average Bonchev–Trinajstić information content (AvgIpc) is 2.97. The van der Waals surface area contributed by atoms with Gasteiger partial charge in [0.15, 0.2) is 11.5 Å². The quantitative estimate of drug-likeness (QED) is 0.883. The van der Waals surface area contributed by atoms with Gasteiger partial charge < -0.3 is 14.8 Å². The topological polar surface area (TPSA) is 47.6 Å². The number of hydrogen-bond donors (Lipinski definition) is 1. The molecule has 0 fully saturated rings. The molecular formula is C18H18BrNO3. The molecule has 1 unspecified atom stereocenters. The van der Waals surface area contributed by atoms with Crippen molar-refractivity contribution >= 4 is 27.5 Å². The van der Waals surface area contributed by atoms with E-state index in [1.165, 1.54) is 11.1 Å². The van der Waals surface area contributed by atoms with Gasteiger partial charge in [0.05, 0.1) is 14.2 Å². The van der Waals surface area contributed by atoms with Crippen LogP contribution in [0, 0.1) is 5.92 Å². The van der Waals surface area contributed by atoms with Crippen molar-refractivity contribution in [2.24, 2.45) is 5.92 Å². The maximum Gasteiger partial charge on any atom is 0.228 e. The van der Waals surface area contributed by atoms with E-state index in [-0.39, 0.29) is 11.8 Å². The highest BCUT2D eigenvalue weighted by molar-refractivity contribution is 9.10. The van der Waals surface area contributed by atoms with E-state index in [1.54, 1.807) is 26.4 Å². The highest BCUT2D eigenvalue weighted by Gasteiger charge is 2.27. The number of nitrogens with one attached hydrogen (secondary N) is 1. The summed E-state index contributed by atoms with van der Waals surface area (Å²) in [7, 11) is 3.17. The van der Waals surface area contributed by atoms with Gasteiger partial charge in [0.25, 0.3) is 0 Å². The monoisotopic (exact) mass is 375 g/mol. The molecule has 0 heterocycles. The molecule has 1 aliphatic rings. The molecule has 5 heteroatoms. The van der Waals surface area contributed by atoms with E-state index in [0.717, 1.165) is 17.3 Å². The van der Waals surface area contributed by atoms with Gasteiger partial charge in [-0.2, -0.15) is 0 Å². The second-order valence-corrected chi connectivity index (χ2v) is 6.49. The molecule has 1 amide bonds. The number of halogens is 1. The Bertz CT molecular complexity index is 745. The maximum absolute atomic E-state index is 12.5. The van der Waals surface area contributed by atoms with Gasteiger partial charge in [0, 0.05) is 22.1 Å². The van der Waals surface area contributed by atoms with Crippen LogP contribution in [0.25, 0.3) is 0 Å². The predicted octanol–water partition coefficient (Wildman–Crippen LogP) is 3.82. The van der Waals surface area contributed by atoms with Crippen molar-refractivity contribution in [3.8, 4) is 11.5 Å². The zero-order valence-corrected chi connectivity index (χ0v) is 14.6. The largest absolute Gasteiger partial charge is 0.493 e. The highest BCUT2D eigenvalue weighted by atomic mass is 79.9. The zero-order valence-electron chi connectivity index (χ0n) is 13.1. The van der Waals surface area contributed by atoms with Crippen molar-refractivity contribution in [3.05, 3.63) is 52.0 Å². The van der Waals surface area contributed by atoms with Crippen LogP contribution < -0.4 is 14.8 Å². The van der Waals surface area contributed by atoms with Crippen LogP contribution >= 0.6 is 15.9 Å². The van der Waals surface area contributed by atoms with Crippen molar-refractivity contribution < 1.29 is 14.3 Å². The fourth-order valence-corrected chi connectivity index (χ4v) is 3.34. The number of methoxy groups -OCH3 is 2. The molecule has 2 aromatic carbocycles. The molecule has 0 aromatic heterocycles. The molecule has 120 valence electrons. The fraction of sp³-hybridized carbons (Fsp3) is 0.278. The second kappa shape index (κ2) is 6.62. The molecule has 23 heavy (non-hydrogen) atoms. The number of fused-ring (bicyclic) bond motifs is 1. The summed E-state index contributed by atoms with van der Waals surface area (Å²) in [6, 6.07) is 11.6. The van der Waals surface area contributed by atoms with E-state index in [1.807, 2.05) is 12.1 Å². The van der Waals surface area contributed by atoms with E-state index in [4.69, 9.17) is 9.47 Å². The smallest absolute Gasteiger partial charge is 0.228 e. The lowest BCUT2D eigenvalue weighted by molar-refractivity contribution is -0.119. The summed E-state index contributed by atoms with van der Waals surface area (Å²) >= 11 is 3.48. The van der Waals surface area contributed by atoms with Gasteiger partial charge in [-0.1, -0.05) is 22.0 Å². The number of anilines is 1. The number of carbonyl (C=O) groups is 1. The minimum Gasteiger partial charge on any atom is -0.493 e. The lowest BCUT2D eigenvalue weighted by atomic mass is 10.1. The maximum atomic E-state index is 12.5. The van der Waals surface area contributed by atoms with Crippen molar-refractivity contribution in [2.75, 3.05) is 19.5 Å². The Kier molecular flexibility index (Phi) is 4.57. The molecule has 0 aliphatic heterocycles. The lowest BCUT2D eigenvalue weighted by Crippen LogP contribution is -2.23. The minimum atomic E-state index is -0.0348. The summed E-state index contributed by atoms with van der Waals surface area (Å²) in [5.74, 6) is 1.24. The van der Waals surface area contributed by atoms with Crippen LogP contribution in [0.5, 0.6) is 11.5 Å². The number of amides is 1. The van der Waals surface area contributed by atoms with E-state index in [0.29, 0.717) is 17.2 Å². The van der Waals surface area contributed by atoms with Crippen LogP contribution in [0.3, 0.4) is 0 Å². The van der Waals surface area contributed by atoms with Crippen molar-refractivity contribution in [3.63, 3.8) is 0 Å². The first-order valence-corrected chi connectivity index (χ1v) is 8.20. The average molecular weight is 376 g/mol. The van der Waals surface area contributed by atoms with Crippen LogP contribution in [-0.4, -0.2) is 20.1 Å². The number of rotatable bonds is 4. The van der Waals surface area contributed by atoms with Crippen LogP contribution in [0.15, 0.2) is 40.9 Å². The van der Waals surface area contributed by atoms with Gasteiger partial charge in [0.2, 0.25) is 5.91 Å². The van der Waals surface area contributed by atoms with Gasteiger partial charge in [-0.15, -0.1) is 0 Å². The second-order valence-electron chi connectivity index (χ2n) is 5.58. The molecule has 0 saturated carbocycles. The molecule has 1 aliphatic carbocycles. The van der Waals surface area contributed by atoms with Gasteiger partial charge in [-0.05, 0) is 48.2 Å². The summed E-state index contributed by atoms with van der Waals surface area (Å²) in [5.41, 5.74) is 3.21. The number of hydrogen-bond acceptors (Lipinski definition) is 3. The van der Waals surface area contributed by atoms with Crippen molar-refractivity contribution in [1.82, 2.24) is 0 Å². The standard InChI is InChI=1S/C18H18BrNO3/c1-22-16-6-5-15(10-17(16)23-2)20-18(21)13-7-11-3-4-14(19)9-12(11)8-13/h3-6,9-10,13H,7-8H2,1-2H3,(H,20,21). The summed E-state index contributed by atoms with van der Waals surface area (Å²) in [6.07, 6.45) is 1.55. The molecule has 1 atom stereocenters. The van der Waals surface area contributed by atoms with Crippen LogP contribution in [0.2, 0.25) is 0 Å². The van der Waals surface area contributed by atoms with E-state index < -0.39 is 0 Å².